The van der Waals surface area contributed by atoms with Crippen LogP contribution in [0.3, 0.4) is 0 Å². The second kappa shape index (κ2) is 59.6. The minimum Gasteiger partial charge on any atom is -0.466 e. The molecule has 0 aromatic rings. The van der Waals surface area contributed by atoms with Crippen LogP contribution in [0.5, 0.6) is 0 Å². The average molecular weight is 985 g/mol. The molecule has 0 aromatic heterocycles. The van der Waals surface area contributed by atoms with Gasteiger partial charge in [0.2, 0.25) is 5.91 Å². The van der Waals surface area contributed by atoms with Crippen molar-refractivity contribution < 1.29 is 24.5 Å². The molecule has 0 bridgehead atoms. The molecule has 0 saturated heterocycles. The monoisotopic (exact) mass is 984 g/mol. The zero-order chi connectivity index (χ0) is 50.7. The Morgan fingerprint density at radius 3 is 1.16 bits per heavy atom. The summed E-state index contributed by atoms with van der Waals surface area (Å²) in [6, 6.07) is -0.540. The molecular formula is C64H121NO5. The molecule has 70 heavy (non-hydrogen) atoms. The van der Waals surface area contributed by atoms with Crippen LogP contribution in [0.1, 0.15) is 335 Å². The van der Waals surface area contributed by atoms with Crippen molar-refractivity contribution in [1.82, 2.24) is 5.32 Å². The summed E-state index contributed by atoms with van der Waals surface area (Å²) in [4.78, 5) is 24.5. The van der Waals surface area contributed by atoms with E-state index in [0.717, 1.165) is 51.4 Å². The minimum absolute atomic E-state index is 0.000314. The van der Waals surface area contributed by atoms with Crippen LogP contribution in [-0.4, -0.2) is 47.4 Å². The molecule has 3 N–H and O–H groups in total. The van der Waals surface area contributed by atoms with Crippen LogP contribution < -0.4 is 5.32 Å². The number of hydrogen-bond donors (Lipinski definition) is 3. The molecule has 0 heterocycles. The summed E-state index contributed by atoms with van der Waals surface area (Å²) in [6.07, 6.45) is 74.5. The molecule has 0 spiro atoms. The van der Waals surface area contributed by atoms with Crippen LogP contribution in [0.25, 0.3) is 0 Å². The van der Waals surface area contributed by atoms with Gasteiger partial charge in [-0.25, -0.2) is 0 Å². The van der Waals surface area contributed by atoms with Gasteiger partial charge in [0.15, 0.2) is 0 Å². The lowest BCUT2D eigenvalue weighted by molar-refractivity contribution is -0.143. The number of aliphatic hydroxyl groups is 2. The fourth-order valence-electron chi connectivity index (χ4n) is 9.61. The SMILES string of the molecule is CCC/C=C\C/C=C\CCCCCCCC(=O)OCCCCCCCCCCCCCC/C=C\CCCCCCCCCCCCCCC(=O)NC(CO)C(O)CCCCCCCCCCCCCC. The third kappa shape index (κ3) is 55.4. The molecule has 0 rings (SSSR count). The Balaban J connectivity index is 3.37. The molecule has 412 valence electrons. The van der Waals surface area contributed by atoms with Crippen molar-refractivity contribution in [2.45, 2.75) is 347 Å². The summed E-state index contributed by atoms with van der Waals surface area (Å²) in [6.45, 7) is 4.89. The van der Waals surface area contributed by atoms with E-state index in [-0.39, 0.29) is 18.5 Å². The number of carbonyl (C=O) groups is 2. The lowest BCUT2D eigenvalue weighted by Crippen LogP contribution is -2.45. The fraction of sp³-hybridized carbons (Fsp3) is 0.875. The highest BCUT2D eigenvalue weighted by atomic mass is 16.5. The topological polar surface area (TPSA) is 95.9 Å². The van der Waals surface area contributed by atoms with Crippen molar-refractivity contribution in [3.63, 3.8) is 0 Å². The van der Waals surface area contributed by atoms with Crippen LogP contribution in [0.2, 0.25) is 0 Å². The Morgan fingerprint density at radius 1 is 0.400 bits per heavy atom. The molecule has 1 amide bonds. The van der Waals surface area contributed by atoms with E-state index in [9.17, 15) is 19.8 Å². The Kier molecular flexibility index (Phi) is 58.0. The number of hydrogen-bond acceptors (Lipinski definition) is 5. The number of unbranched alkanes of at least 4 members (excludes halogenated alkanes) is 41. The number of allylic oxidation sites excluding steroid dienone is 6. The zero-order valence-electron chi connectivity index (χ0n) is 47.0. The Bertz CT molecular complexity index is 1130. The Hall–Kier alpha value is -1.92. The first kappa shape index (κ1) is 68.1. The van der Waals surface area contributed by atoms with Gasteiger partial charge in [0.1, 0.15) is 0 Å². The highest BCUT2D eigenvalue weighted by Crippen LogP contribution is 2.17. The molecule has 0 saturated carbocycles. The summed E-state index contributed by atoms with van der Waals surface area (Å²) in [7, 11) is 0. The predicted molar refractivity (Wildman–Crippen MR) is 306 cm³/mol. The van der Waals surface area contributed by atoms with E-state index in [4.69, 9.17) is 4.74 Å². The predicted octanol–water partition coefficient (Wildman–Crippen LogP) is 19.6. The quantitative estimate of drug-likeness (QED) is 0.0321. The van der Waals surface area contributed by atoms with E-state index in [0.29, 0.717) is 25.9 Å². The molecule has 0 aliphatic carbocycles. The van der Waals surface area contributed by atoms with E-state index < -0.39 is 12.1 Å². The van der Waals surface area contributed by atoms with Crippen molar-refractivity contribution in [2.24, 2.45) is 0 Å². The van der Waals surface area contributed by atoms with Crippen LogP contribution in [-0.2, 0) is 14.3 Å². The third-order valence-corrected chi connectivity index (χ3v) is 14.4. The number of nitrogens with one attached hydrogen (secondary N) is 1. The molecule has 2 unspecified atom stereocenters. The van der Waals surface area contributed by atoms with Crippen molar-refractivity contribution in [3.8, 4) is 0 Å². The number of aliphatic hydroxyl groups excluding tert-OH is 2. The summed E-state index contributed by atoms with van der Waals surface area (Å²) >= 11 is 0. The van der Waals surface area contributed by atoms with Gasteiger partial charge in [-0.1, -0.05) is 281 Å². The maximum atomic E-state index is 12.5. The van der Waals surface area contributed by atoms with Gasteiger partial charge in [0.05, 0.1) is 25.4 Å². The molecule has 2 atom stereocenters. The molecule has 6 nitrogen and oxygen atoms in total. The zero-order valence-corrected chi connectivity index (χ0v) is 47.0. The van der Waals surface area contributed by atoms with E-state index >= 15 is 0 Å². The van der Waals surface area contributed by atoms with Crippen LogP contribution in [0, 0.1) is 0 Å². The second-order valence-corrected chi connectivity index (χ2v) is 21.4. The summed E-state index contributed by atoms with van der Waals surface area (Å²) in [5.41, 5.74) is 0. The first-order valence-electron chi connectivity index (χ1n) is 31.2. The molecule has 0 radical (unpaired) electrons. The van der Waals surface area contributed by atoms with E-state index in [2.05, 4.69) is 55.6 Å². The van der Waals surface area contributed by atoms with Crippen LogP contribution in [0.4, 0.5) is 0 Å². The number of amides is 1. The highest BCUT2D eigenvalue weighted by Gasteiger charge is 2.20. The Labute approximate surface area is 436 Å². The third-order valence-electron chi connectivity index (χ3n) is 14.4. The number of carbonyl (C=O) groups excluding carboxylic acids is 2. The number of esters is 1. The van der Waals surface area contributed by atoms with E-state index in [1.807, 2.05) is 0 Å². The largest absolute Gasteiger partial charge is 0.466 e. The maximum Gasteiger partial charge on any atom is 0.305 e. The van der Waals surface area contributed by atoms with Crippen LogP contribution >= 0.6 is 0 Å². The number of rotatable bonds is 58. The van der Waals surface area contributed by atoms with Crippen molar-refractivity contribution >= 4 is 11.9 Å². The standard InChI is InChI=1S/C64H121NO5/c1-3-5-7-9-11-13-15-33-38-42-46-50-54-58-64(69)70-59-55-51-47-43-39-35-32-30-28-26-24-22-20-18-17-19-21-23-25-27-29-31-34-37-41-45-49-53-57-63(68)65-61(60-66)62(67)56-52-48-44-40-36-16-14-12-10-8-6-4-2/h7,9,13,15,17-18,61-62,66-67H,3-6,8,10-12,14,16,19-60H2,1-2H3,(H,65,68)/b9-7-,15-13-,18-17-. The lowest BCUT2D eigenvalue weighted by atomic mass is 10.0. The molecule has 0 aliphatic heterocycles. The molecule has 6 heteroatoms. The van der Waals surface area contributed by atoms with Crippen LogP contribution in [0.15, 0.2) is 36.5 Å². The second-order valence-electron chi connectivity index (χ2n) is 21.4. The molecule has 0 aliphatic rings. The minimum atomic E-state index is -0.663. The summed E-state index contributed by atoms with van der Waals surface area (Å²) < 4.78 is 5.47. The first-order chi connectivity index (χ1) is 34.5. The highest BCUT2D eigenvalue weighted by molar-refractivity contribution is 5.76. The van der Waals surface area contributed by atoms with Crippen molar-refractivity contribution in [1.29, 1.82) is 0 Å². The summed E-state index contributed by atoms with van der Waals surface area (Å²) in [5.74, 6) is -0.0344. The van der Waals surface area contributed by atoms with Gasteiger partial charge in [-0.05, 0) is 77.0 Å². The van der Waals surface area contributed by atoms with Gasteiger partial charge >= 0.3 is 5.97 Å². The van der Waals surface area contributed by atoms with Gasteiger partial charge < -0.3 is 20.3 Å². The van der Waals surface area contributed by atoms with E-state index in [1.54, 1.807) is 0 Å². The van der Waals surface area contributed by atoms with Gasteiger partial charge in [-0.15, -0.1) is 0 Å². The van der Waals surface area contributed by atoms with E-state index in [1.165, 1.54) is 250 Å². The van der Waals surface area contributed by atoms with Crippen molar-refractivity contribution in [2.75, 3.05) is 13.2 Å². The molecule has 0 aromatic carbocycles. The average Bonchev–Trinajstić information content (AvgIpc) is 3.36. The first-order valence-corrected chi connectivity index (χ1v) is 31.2. The van der Waals surface area contributed by atoms with Crippen molar-refractivity contribution in [3.05, 3.63) is 36.5 Å². The van der Waals surface area contributed by atoms with Gasteiger partial charge in [0, 0.05) is 12.8 Å². The fourth-order valence-corrected chi connectivity index (χ4v) is 9.61. The maximum absolute atomic E-state index is 12.5. The van der Waals surface area contributed by atoms with Gasteiger partial charge in [-0.2, -0.15) is 0 Å². The normalized spacial score (nSPS) is 12.8. The van der Waals surface area contributed by atoms with Gasteiger partial charge in [0.25, 0.3) is 0 Å². The molecular weight excluding hydrogens is 863 g/mol. The lowest BCUT2D eigenvalue weighted by Gasteiger charge is -2.22. The van der Waals surface area contributed by atoms with Gasteiger partial charge in [-0.3, -0.25) is 9.59 Å². The smallest absolute Gasteiger partial charge is 0.305 e. The number of ether oxygens (including phenoxy) is 1. The summed E-state index contributed by atoms with van der Waals surface area (Å²) in [5, 5.41) is 23.2. The Morgan fingerprint density at radius 2 is 0.743 bits per heavy atom. The molecule has 0 fully saturated rings.